The molecule has 1 aromatic rings. The first-order valence-electron chi connectivity index (χ1n) is 5.99. The van der Waals surface area contributed by atoms with Crippen molar-refractivity contribution in [2.75, 3.05) is 30.0 Å². The molecule has 2 aliphatic heterocycles. The number of rotatable bonds is 3. The van der Waals surface area contributed by atoms with Gasteiger partial charge in [-0.3, -0.25) is 0 Å². The molecule has 0 unspecified atom stereocenters. The highest BCUT2D eigenvalue weighted by Gasteiger charge is 2.18. The molecule has 1 saturated heterocycles. The van der Waals surface area contributed by atoms with Crippen LogP contribution in [0.25, 0.3) is 0 Å². The van der Waals surface area contributed by atoms with Gasteiger partial charge in [-0.05, 0) is 36.6 Å². The van der Waals surface area contributed by atoms with E-state index in [1.807, 2.05) is 11.8 Å². The Bertz CT molecular complexity index is 376. The molecule has 0 saturated carbocycles. The molecule has 0 bridgehead atoms. The van der Waals surface area contributed by atoms with Gasteiger partial charge in [0.25, 0.3) is 0 Å². The number of fused-ring (bicyclic) bond motifs is 1. The minimum Gasteiger partial charge on any atom is -0.493 e. The van der Waals surface area contributed by atoms with Gasteiger partial charge in [-0.15, -0.1) is 0 Å². The van der Waals surface area contributed by atoms with Crippen LogP contribution >= 0.6 is 11.8 Å². The standard InChI is InChI=1S/C13H17NOS/c1-2-11-6-12(3-4-13(11)14-5-1)15-7-10-8-16-9-10/h3-4,6,10,14H,1-2,5,7-9H2. The molecule has 1 fully saturated rings. The fraction of sp³-hybridized carbons (Fsp3) is 0.538. The third-order valence-electron chi connectivity index (χ3n) is 3.21. The maximum atomic E-state index is 5.83. The third kappa shape index (κ3) is 2.14. The second kappa shape index (κ2) is 4.58. The molecule has 2 heterocycles. The van der Waals surface area contributed by atoms with Crippen LogP contribution in [0.5, 0.6) is 5.75 Å². The van der Waals surface area contributed by atoms with Gasteiger partial charge in [-0.2, -0.15) is 11.8 Å². The van der Waals surface area contributed by atoms with Gasteiger partial charge in [-0.1, -0.05) is 0 Å². The number of hydrogen-bond acceptors (Lipinski definition) is 3. The van der Waals surface area contributed by atoms with E-state index in [2.05, 4.69) is 23.5 Å². The molecule has 86 valence electrons. The van der Waals surface area contributed by atoms with E-state index in [0.29, 0.717) is 0 Å². The average Bonchev–Trinajstić information content (AvgIpc) is 2.27. The Morgan fingerprint density at radius 3 is 3.12 bits per heavy atom. The summed E-state index contributed by atoms with van der Waals surface area (Å²) in [6.45, 7) is 1.99. The van der Waals surface area contributed by atoms with Crippen molar-refractivity contribution in [3.8, 4) is 5.75 Å². The number of ether oxygens (including phenoxy) is 1. The van der Waals surface area contributed by atoms with Gasteiger partial charge in [0, 0.05) is 29.7 Å². The lowest BCUT2D eigenvalue weighted by Gasteiger charge is -2.25. The normalized spacial score (nSPS) is 19.5. The number of hydrogen-bond donors (Lipinski definition) is 1. The second-order valence-electron chi connectivity index (χ2n) is 4.56. The zero-order chi connectivity index (χ0) is 10.8. The van der Waals surface area contributed by atoms with Gasteiger partial charge in [0.15, 0.2) is 0 Å². The van der Waals surface area contributed by atoms with Gasteiger partial charge in [0.2, 0.25) is 0 Å². The molecular formula is C13H17NOS. The minimum atomic E-state index is 0.777. The van der Waals surface area contributed by atoms with E-state index in [1.165, 1.54) is 35.6 Å². The fourth-order valence-corrected chi connectivity index (χ4v) is 2.90. The molecule has 1 N–H and O–H groups in total. The summed E-state index contributed by atoms with van der Waals surface area (Å²) in [7, 11) is 0. The molecule has 3 rings (SSSR count). The van der Waals surface area contributed by atoms with E-state index in [-0.39, 0.29) is 0 Å². The first-order valence-corrected chi connectivity index (χ1v) is 7.14. The summed E-state index contributed by atoms with van der Waals surface area (Å²) in [5, 5.41) is 3.42. The molecule has 0 amide bonds. The summed E-state index contributed by atoms with van der Waals surface area (Å²) in [6, 6.07) is 6.44. The van der Waals surface area contributed by atoms with Crippen molar-refractivity contribution in [1.29, 1.82) is 0 Å². The average molecular weight is 235 g/mol. The van der Waals surface area contributed by atoms with Crippen LogP contribution in [0.2, 0.25) is 0 Å². The third-order valence-corrected chi connectivity index (χ3v) is 4.62. The second-order valence-corrected chi connectivity index (χ2v) is 5.64. The van der Waals surface area contributed by atoms with E-state index >= 15 is 0 Å². The Morgan fingerprint density at radius 2 is 2.31 bits per heavy atom. The van der Waals surface area contributed by atoms with Gasteiger partial charge in [0.1, 0.15) is 5.75 Å². The maximum Gasteiger partial charge on any atom is 0.119 e. The lowest BCUT2D eigenvalue weighted by molar-refractivity contribution is 0.269. The molecule has 2 nitrogen and oxygen atoms in total. The smallest absolute Gasteiger partial charge is 0.119 e. The summed E-state index contributed by atoms with van der Waals surface area (Å²) < 4.78 is 5.83. The topological polar surface area (TPSA) is 21.3 Å². The van der Waals surface area contributed by atoms with Crippen LogP contribution in [0.15, 0.2) is 18.2 Å². The van der Waals surface area contributed by atoms with Crippen LogP contribution in [0, 0.1) is 5.92 Å². The van der Waals surface area contributed by atoms with Crippen LogP contribution < -0.4 is 10.1 Å². The van der Waals surface area contributed by atoms with Crippen LogP contribution in [-0.4, -0.2) is 24.7 Å². The number of thioether (sulfide) groups is 1. The molecule has 0 radical (unpaired) electrons. The van der Waals surface area contributed by atoms with Crippen molar-refractivity contribution in [3.63, 3.8) is 0 Å². The Labute approximate surface area is 101 Å². The summed E-state index contributed by atoms with van der Waals surface area (Å²) in [5.41, 5.74) is 2.70. The van der Waals surface area contributed by atoms with E-state index in [1.54, 1.807) is 0 Å². The Balaban J connectivity index is 1.65. The van der Waals surface area contributed by atoms with E-state index in [4.69, 9.17) is 4.74 Å². The van der Waals surface area contributed by atoms with Gasteiger partial charge >= 0.3 is 0 Å². The van der Waals surface area contributed by atoms with Gasteiger partial charge in [0.05, 0.1) is 6.61 Å². The zero-order valence-corrected chi connectivity index (χ0v) is 10.2. The van der Waals surface area contributed by atoms with Crippen LogP contribution in [0.1, 0.15) is 12.0 Å². The largest absolute Gasteiger partial charge is 0.493 e. The molecule has 16 heavy (non-hydrogen) atoms. The monoisotopic (exact) mass is 235 g/mol. The molecular weight excluding hydrogens is 218 g/mol. The van der Waals surface area contributed by atoms with Gasteiger partial charge in [-0.25, -0.2) is 0 Å². The molecule has 0 spiro atoms. The molecule has 0 aromatic heterocycles. The van der Waals surface area contributed by atoms with Crippen molar-refractivity contribution in [3.05, 3.63) is 23.8 Å². The van der Waals surface area contributed by atoms with Crippen molar-refractivity contribution in [2.24, 2.45) is 5.92 Å². The number of nitrogens with one attached hydrogen (secondary N) is 1. The van der Waals surface area contributed by atoms with Crippen LogP contribution in [0.3, 0.4) is 0 Å². The molecule has 3 heteroatoms. The predicted molar refractivity (Wildman–Crippen MR) is 69.6 cm³/mol. The summed E-state index contributed by atoms with van der Waals surface area (Å²) in [5.74, 6) is 4.36. The van der Waals surface area contributed by atoms with E-state index < -0.39 is 0 Å². The lowest BCUT2D eigenvalue weighted by Crippen LogP contribution is -2.25. The zero-order valence-electron chi connectivity index (χ0n) is 9.37. The SMILES string of the molecule is c1cc2c(cc1OCC1CSC1)CCCN2. The first kappa shape index (κ1) is 10.3. The summed E-state index contributed by atoms with van der Waals surface area (Å²) in [6.07, 6.45) is 2.41. The van der Waals surface area contributed by atoms with Crippen molar-refractivity contribution < 1.29 is 4.74 Å². The Hall–Kier alpha value is -0.830. The van der Waals surface area contributed by atoms with E-state index in [9.17, 15) is 0 Å². The van der Waals surface area contributed by atoms with Crippen molar-refractivity contribution >= 4 is 17.4 Å². The summed E-state index contributed by atoms with van der Waals surface area (Å²) >= 11 is 2.01. The first-order chi connectivity index (χ1) is 7.92. The lowest BCUT2D eigenvalue weighted by atomic mass is 10.0. The molecule has 0 aliphatic carbocycles. The summed E-state index contributed by atoms with van der Waals surface area (Å²) in [4.78, 5) is 0. The number of aryl methyl sites for hydroxylation is 1. The highest BCUT2D eigenvalue weighted by atomic mass is 32.2. The molecule has 0 atom stereocenters. The quantitative estimate of drug-likeness (QED) is 0.870. The highest BCUT2D eigenvalue weighted by Crippen LogP contribution is 2.28. The fourth-order valence-electron chi connectivity index (χ4n) is 2.14. The van der Waals surface area contributed by atoms with Gasteiger partial charge < -0.3 is 10.1 Å². The van der Waals surface area contributed by atoms with Crippen LogP contribution in [0.4, 0.5) is 5.69 Å². The minimum absolute atomic E-state index is 0.777. The Kier molecular flexibility index (Phi) is 2.96. The van der Waals surface area contributed by atoms with Crippen molar-refractivity contribution in [2.45, 2.75) is 12.8 Å². The highest BCUT2D eigenvalue weighted by molar-refractivity contribution is 8.00. The number of benzene rings is 1. The predicted octanol–water partition coefficient (Wildman–Crippen LogP) is 2.79. The van der Waals surface area contributed by atoms with Crippen molar-refractivity contribution in [1.82, 2.24) is 0 Å². The maximum absolute atomic E-state index is 5.83. The number of anilines is 1. The molecule has 2 aliphatic rings. The van der Waals surface area contributed by atoms with E-state index in [0.717, 1.165) is 24.8 Å². The Morgan fingerprint density at radius 1 is 1.38 bits per heavy atom. The molecule has 1 aromatic carbocycles. The van der Waals surface area contributed by atoms with Crippen LogP contribution in [-0.2, 0) is 6.42 Å².